The van der Waals surface area contributed by atoms with Gasteiger partial charge in [0.05, 0.1) is 12.8 Å². The molecule has 8 heteroatoms. The summed E-state index contributed by atoms with van der Waals surface area (Å²) in [5, 5.41) is 4.54. The molecule has 25 heavy (non-hydrogen) atoms. The normalized spacial score (nSPS) is 14.9. The van der Waals surface area contributed by atoms with E-state index in [1.807, 2.05) is 27.1 Å². The van der Waals surface area contributed by atoms with Crippen molar-refractivity contribution in [2.45, 2.75) is 44.2 Å². The number of halogens is 1. The molecule has 1 saturated carbocycles. The number of aryl methyl sites for hydroxylation is 2. The number of hydrogen-bond donors (Lipinski definition) is 0. The Labute approximate surface area is 153 Å². The van der Waals surface area contributed by atoms with Crippen LogP contribution in [0, 0.1) is 6.92 Å². The average Bonchev–Trinajstić information content (AvgIpc) is 3.30. The van der Waals surface area contributed by atoms with E-state index in [9.17, 15) is 8.42 Å². The van der Waals surface area contributed by atoms with Gasteiger partial charge in [0.25, 0.3) is 0 Å². The van der Waals surface area contributed by atoms with Gasteiger partial charge in [-0.1, -0.05) is 11.6 Å². The summed E-state index contributed by atoms with van der Waals surface area (Å²) < 4.78 is 35.5. The number of rotatable bonds is 7. The molecule has 1 heterocycles. The first-order valence-corrected chi connectivity index (χ1v) is 10.1. The van der Waals surface area contributed by atoms with E-state index >= 15 is 0 Å². The van der Waals surface area contributed by atoms with E-state index in [2.05, 4.69) is 5.10 Å². The Kier molecular flexibility index (Phi) is 5.09. The first kappa shape index (κ1) is 18.2. The molecule has 2 aromatic rings. The highest BCUT2D eigenvalue weighted by molar-refractivity contribution is 7.89. The van der Waals surface area contributed by atoms with Crippen molar-refractivity contribution in [1.29, 1.82) is 0 Å². The minimum absolute atomic E-state index is 0.0137. The summed E-state index contributed by atoms with van der Waals surface area (Å²) in [5.74, 6) is 0.348. The van der Waals surface area contributed by atoms with Crippen molar-refractivity contribution in [2.24, 2.45) is 7.05 Å². The summed E-state index contributed by atoms with van der Waals surface area (Å²) >= 11 is 6.20. The third kappa shape index (κ3) is 3.83. The lowest BCUT2D eigenvalue weighted by atomic mass is 10.2. The number of ether oxygens (including phenoxy) is 1. The van der Waals surface area contributed by atoms with E-state index in [0.717, 1.165) is 24.0 Å². The highest BCUT2D eigenvalue weighted by atomic mass is 35.5. The summed E-state index contributed by atoms with van der Waals surface area (Å²) in [7, 11) is -1.92. The minimum Gasteiger partial charge on any atom is -0.492 e. The maximum Gasteiger partial charge on any atom is 0.247 e. The van der Waals surface area contributed by atoms with Crippen LogP contribution in [0.15, 0.2) is 29.4 Å². The van der Waals surface area contributed by atoms with Crippen LogP contribution in [0.2, 0.25) is 5.02 Å². The second-order valence-electron chi connectivity index (χ2n) is 6.28. The highest BCUT2D eigenvalue weighted by Crippen LogP contribution is 2.38. The van der Waals surface area contributed by atoms with E-state index in [1.54, 1.807) is 16.9 Å². The summed E-state index contributed by atoms with van der Waals surface area (Å²) in [5.41, 5.74) is 1.64. The molecule has 1 aliphatic rings. The van der Waals surface area contributed by atoms with E-state index < -0.39 is 10.0 Å². The molecule has 0 atom stereocenters. The Morgan fingerprint density at radius 2 is 2.12 bits per heavy atom. The molecule has 1 aliphatic carbocycles. The van der Waals surface area contributed by atoms with Gasteiger partial charge in [-0.15, -0.1) is 0 Å². The molecule has 0 spiro atoms. The van der Waals surface area contributed by atoms with Crippen LogP contribution in [-0.4, -0.2) is 35.2 Å². The lowest BCUT2D eigenvalue weighted by Crippen LogP contribution is -2.33. The zero-order valence-electron chi connectivity index (χ0n) is 14.6. The SMILES string of the molecule is CCOc1cc(C)c(Cl)cc1S(=O)(=O)N(Cc1cnn(C)c1)C1CC1. The van der Waals surface area contributed by atoms with Crippen molar-refractivity contribution in [1.82, 2.24) is 14.1 Å². The average molecular weight is 384 g/mol. The van der Waals surface area contributed by atoms with Gasteiger partial charge in [-0.05, 0) is 44.4 Å². The Bertz CT molecular complexity index is 875. The van der Waals surface area contributed by atoms with Crippen molar-refractivity contribution in [2.75, 3.05) is 6.61 Å². The number of hydrogen-bond acceptors (Lipinski definition) is 4. The molecule has 0 amide bonds. The van der Waals surface area contributed by atoms with Crippen LogP contribution in [-0.2, 0) is 23.6 Å². The summed E-state index contributed by atoms with van der Waals surface area (Å²) in [6.07, 6.45) is 5.25. The van der Waals surface area contributed by atoms with E-state index in [0.29, 0.717) is 17.4 Å². The van der Waals surface area contributed by atoms with Crippen molar-refractivity contribution >= 4 is 21.6 Å². The largest absolute Gasteiger partial charge is 0.492 e. The molecule has 136 valence electrons. The van der Waals surface area contributed by atoms with Crippen LogP contribution in [0.4, 0.5) is 0 Å². The molecular formula is C17H22ClN3O3S. The standard InChI is InChI=1S/C17H22ClN3O3S/c1-4-24-16-7-12(2)15(18)8-17(16)25(22,23)21(14-5-6-14)11-13-9-19-20(3)10-13/h7-10,14H,4-6,11H2,1-3H3. The zero-order chi connectivity index (χ0) is 18.2. The molecule has 3 rings (SSSR count). The van der Waals surface area contributed by atoms with Gasteiger partial charge < -0.3 is 4.74 Å². The molecule has 0 radical (unpaired) electrons. The molecule has 0 unspecified atom stereocenters. The first-order chi connectivity index (χ1) is 11.8. The number of aromatic nitrogens is 2. The lowest BCUT2D eigenvalue weighted by molar-refractivity contribution is 0.327. The Hall–Kier alpha value is -1.57. The monoisotopic (exact) mass is 383 g/mol. The fourth-order valence-corrected chi connectivity index (χ4v) is 4.78. The van der Waals surface area contributed by atoms with Crippen LogP contribution < -0.4 is 4.74 Å². The maximum absolute atomic E-state index is 13.3. The molecule has 1 aromatic heterocycles. The predicted octanol–water partition coefficient (Wildman–Crippen LogP) is 3.13. The third-order valence-electron chi connectivity index (χ3n) is 4.16. The van der Waals surface area contributed by atoms with Crippen LogP contribution in [0.3, 0.4) is 0 Å². The highest BCUT2D eigenvalue weighted by Gasteiger charge is 2.39. The number of sulfonamides is 1. The van der Waals surface area contributed by atoms with E-state index in [1.165, 1.54) is 10.4 Å². The summed E-state index contributed by atoms with van der Waals surface area (Å²) in [4.78, 5) is 0.126. The molecule has 1 aromatic carbocycles. The van der Waals surface area contributed by atoms with Gasteiger partial charge in [-0.3, -0.25) is 4.68 Å². The van der Waals surface area contributed by atoms with Gasteiger partial charge in [0.1, 0.15) is 10.6 Å². The fraction of sp³-hybridized carbons (Fsp3) is 0.471. The molecular weight excluding hydrogens is 362 g/mol. The van der Waals surface area contributed by atoms with Gasteiger partial charge in [0.2, 0.25) is 10.0 Å². The minimum atomic E-state index is -3.73. The van der Waals surface area contributed by atoms with Crippen LogP contribution >= 0.6 is 11.6 Å². The summed E-state index contributed by atoms with van der Waals surface area (Å²) in [6, 6.07) is 3.20. The topological polar surface area (TPSA) is 64.4 Å². The maximum atomic E-state index is 13.3. The molecule has 0 bridgehead atoms. The van der Waals surface area contributed by atoms with Gasteiger partial charge in [0.15, 0.2) is 0 Å². The van der Waals surface area contributed by atoms with Crippen LogP contribution in [0.5, 0.6) is 5.75 Å². The first-order valence-electron chi connectivity index (χ1n) is 8.25. The Balaban J connectivity index is 2.02. The van der Waals surface area contributed by atoms with Gasteiger partial charge >= 0.3 is 0 Å². The van der Waals surface area contributed by atoms with Crippen molar-refractivity contribution < 1.29 is 13.2 Å². The van der Waals surface area contributed by atoms with Crippen LogP contribution in [0.25, 0.3) is 0 Å². The summed E-state index contributed by atoms with van der Waals surface area (Å²) in [6.45, 7) is 4.33. The second kappa shape index (κ2) is 6.97. The van der Waals surface area contributed by atoms with Gasteiger partial charge in [-0.2, -0.15) is 9.40 Å². The Morgan fingerprint density at radius 3 is 2.68 bits per heavy atom. The fourth-order valence-electron chi connectivity index (χ4n) is 2.74. The van der Waals surface area contributed by atoms with Crippen LogP contribution in [0.1, 0.15) is 30.9 Å². The Morgan fingerprint density at radius 1 is 1.40 bits per heavy atom. The van der Waals surface area contributed by atoms with Crippen molar-refractivity contribution in [3.8, 4) is 5.75 Å². The van der Waals surface area contributed by atoms with Gasteiger partial charge in [-0.25, -0.2) is 8.42 Å². The second-order valence-corrected chi connectivity index (χ2v) is 8.55. The molecule has 0 aliphatic heterocycles. The van der Waals surface area contributed by atoms with E-state index in [-0.39, 0.29) is 17.5 Å². The predicted molar refractivity (Wildman–Crippen MR) is 96.3 cm³/mol. The number of nitrogens with zero attached hydrogens (tertiary/aromatic N) is 3. The van der Waals surface area contributed by atoms with Gasteiger partial charge in [0, 0.05) is 36.4 Å². The van der Waals surface area contributed by atoms with E-state index in [4.69, 9.17) is 16.3 Å². The third-order valence-corrected chi connectivity index (χ3v) is 6.49. The van der Waals surface area contributed by atoms with Crippen molar-refractivity contribution in [3.05, 3.63) is 40.7 Å². The number of benzene rings is 1. The quantitative estimate of drug-likeness (QED) is 0.736. The molecule has 1 fully saturated rings. The molecule has 0 N–H and O–H groups in total. The smallest absolute Gasteiger partial charge is 0.247 e. The van der Waals surface area contributed by atoms with Crippen molar-refractivity contribution in [3.63, 3.8) is 0 Å². The molecule has 6 nitrogen and oxygen atoms in total. The zero-order valence-corrected chi connectivity index (χ0v) is 16.1. The lowest BCUT2D eigenvalue weighted by Gasteiger charge is -2.23. The molecule has 0 saturated heterocycles.